The normalized spacial score (nSPS) is 44.7. The van der Waals surface area contributed by atoms with E-state index in [2.05, 4.69) is 40.2 Å². The van der Waals surface area contributed by atoms with E-state index >= 15 is 0 Å². The lowest BCUT2D eigenvalue weighted by Crippen LogP contribution is -2.66. The minimum atomic E-state index is -0.849. The van der Waals surface area contributed by atoms with Gasteiger partial charge in [0.1, 0.15) is 0 Å². The van der Waals surface area contributed by atoms with Gasteiger partial charge in [0.25, 0.3) is 0 Å². The quantitative estimate of drug-likeness (QED) is 0.645. The van der Waals surface area contributed by atoms with Gasteiger partial charge in [-0.2, -0.15) is 0 Å². The Labute approximate surface area is 182 Å². The molecule has 2 saturated heterocycles. The van der Waals surface area contributed by atoms with Gasteiger partial charge in [0.15, 0.2) is 0 Å². The highest BCUT2D eigenvalue weighted by Crippen LogP contribution is 2.59. The van der Waals surface area contributed by atoms with E-state index in [-0.39, 0.29) is 18.1 Å². The molecule has 0 aromatic rings. The van der Waals surface area contributed by atoms with E-state index in [1.54, 1.807) is 0 Å². The fourth-order valence-corrected chi connectivity index (χ4v) is 7.66. The van der Waals surface area contributed by atoms with Gasteiger partial charge in [-0.15, -0.1) is 0 Å². The lowest BCUT2D eigenvalue weighted by atomic mass is 9.55. The lowest BCUT2D eigenvalue weighted by molar-refractivity contribution is -0.0985. The Bertz CT molecular complexity index is 716. The molecule has 6 atom stereocenters. The molecule has 5 rings (SSSR count). The van der Waals surface area contributed by atoms with Gasteiger partial charge in [0.05, 0.1) is 18.2 Å². The van der Waals surface area contributed by atoms with Gasteiger partial charge in [-0.05, 0) is 101 Å². The molecule has 0 aromatic heterocycles. The second-order valence-electron chi connectivity index (χ2n) is 10.6. The van der Waals surface area contributed by atoms with Crippen molar-refractivity contribution < 1.29 is 10.2 Å². The molecule has 1 aliphatic carbocycles. The third kappa shape index (κ3) is 3.54. The standard InChI is InChI=1S/C26H40N2O2/c29-19-21-17-26(30)13-8-4-1-2-5-9-14-27-16-12-23(21)25(20-27)18-22-11-7-3-6-10-15-28(22)24(25)26/h1,4,7,11,17,22-24,29-30H,2-3,5-6,8-10,12-16,18-20H2. The van der Waals surface area contributed by atoms with E-state index in [1.807, 2.05) is 0 Å². The third-order valence-corrected chi connectivity index (χ3v) is 8.74. The number of allylic oxidation sites excluding steroid dienone is 3. The van der Waals surface area contributed by atoms with Crippen LogP contribution >= 0.6 is 0 Å². The molecule has 0 radical (unpaired) electrons. The predicted molar refractivity (Wildman–Crippen MR) is 121 cm³/mol. The molecular weight excluding hydrogens is 372 g/mol. The van der Waals surface area contributed by atoms with Gasteiger partial charge in [-0.1, -0.05) is 24.3 Å². The van der Waals surface area contributed by atoms with Crippen molar-refractivity contribution >= 4 is 0 Å². The lowest BCUT2D eigenvalue weighted by Gasteiger charge is -2.58. The first-order valence-corrected chi connectivity index (χ1v) is 12.5. The summed E-state index contributed by atoms with van der Waals surface area (Å²) in [5.74, 6) is 0.409. The minimum absolute atomic E-state index is 0.0525. The van der Waals surface area contributed by atoms with Gasteiger partial charge < -0.3 is 15.1 Å². The molecule has 4 aliphatic heterocycles. The summed E-state index contributed by atoms with van der Waals surface area (Å²) in [5.41, 5.74) is 0.320. The summed E-state index contributed by atoms with van der Waals surface area (Å²) in [5, 5.41) is 22.6. The van der Waals surface area contributed by atoms with Crippen LogP contribution in [0.2, 0.25) is 0 Å². The predicted octanol–water partition coefficient (Wildman–Crippen LogP) is 3.66. The van der Waals surface area contributed by atoms with Crippen LogP contribution in [0.15, 0.2) is 36.0 Å². The fourth-order valence-electron chi connectivity index (χ4n) is 7.66. The highest BCUT2D eigenvalue weighted by Gasteiger charge is 2.65. The zero-order valence-corrected chi connectivity index (χ0v) is 18.5. The first-order valence-electron chi connectivity index (χ1n) is 12.5. The van der Waals surface area contributed by atoms with E-state index < -0.39 is 5.60 Å². The molecule has 2 fully saturated rings. The van der Waals surface area contributed by atoms with Crippen LogP contribution in [-0.4, -0.2) is 70.5 Å². The summed E-state index contributed by atoms with van der Waals surface area (Å²) in [7, 11) is 0. The molecule has 0 amide bonds. The van der Waals surface area contributed by atoms with Crippen molar-refractivity contribution in [1.29, 1.82) is 0 Å². The number of nitrogens with zero attached hydrogens (tertiary/aromatic N) is 2. The average Bonchev–Trinajstić information content (AvgIpc) is 3.01. The van der Waals surface area contributed by atoms with E-state index in [9.17, 15) is 10.2 Å². The summed E-state index contributed by atoms with van der Waals surface area (Å²) in [6.45, 7) is 4.57. The zero-order chi connectivity index (χ0) is 20.6. The summed E-state index contributed by atoms with van der Waals surface area (Å²) in [6, 6.07) is 0.592. The number of aliphatic hydroxyl groups is 2. The largest absolute Gasteiger partial charge is 0.392 e. The molecule has 1 spiro atoms. The van der Waals surface area contributed by atoms with E-state index in [1.165, 1.54) is 38.6 Å². The van der Waals surface area contributed by atoms with Crippen molar-refractivity contribution in [3.05, 3.63) is 36.0 Å². The average molecular weight is 413 g/mol. The Morgan fingerprint density at radius 3 is 2.63 bits per heavy atom. The van der Waals surface area contributed by atoms with E-state index in [0.29, 0.717) is 12.0 Å². The van der Waals surface area contributed by atoms with Crippen LogP contribution < -0.4 is 0 Å². The van der Waals surface area contributed by atoms with Crippen LogP contribution in [0.3, 0.4) is 0 Å². The van der Waals surface area contributed by atoms with Crippen LogP contribution in [0.5, 0.6) is 0 Å². The Kier molecular flexibility index (Phi) is 5.96. The Morgan fingerprint density at radius 2 is 1.77 bits per heavy atom. The number of piperidine rings is 1. The van der Waals surface area contributed by atoms with Crippen LogP contribution in [0.1, 0.15) is 64.2 Å². The maximum Gasteiger partial charge on any atom is 0.0995 e. The monoisotopic (exact) mass is 412 g/mol. The Balaban J connectivity index is 1.62. The van der Waals surface area contributed by atoms with Crippen molar-refractivity contribution in [2.24, 2.45) is 11.3 Å². The van der Waals surface area contributed by atoms with Crippen molar-refractivity contribution in [2.75, 3.05) is 32.8 Å². The first-order chi connectivity index (χ1) is 14.7. The molecule has 5 aliphatic rings. The molecule has 4 nitrogen and oxygen atoms in total. The number of fused-ring (bicyclic) bond motifs is 2. The zero-order valence-electron chi connectivity index (χ0n) is 18.5. The second kappa shape index (κ2) is 8.54. The Hall–Kier alpha value is -0.940. The van der Waals surface area contributed by atoms with Crippen molar-refractivity contribution in [1.82, 2.24) is 9.80 Å². The molecule has 166 valence electrons. The second-order valence-corrected chi connectivity index (χ2v) is 10.6. The molecule has 0 saturated carbocycles. The highest BCUT2D eigenvalue weighted by atomic mass is 16.3. The summed E-state index contributed by atoms with van der Waals surface area (Å²) >= 11 is 0. The molecule has 30 heavy (non-hydrogen) atoms. The van der Waals surface area contributed by atoms with Crippen LogP contribution in [0.4, 0.5) is 0 Å². The first kappa shape index (κ1) is 20.9. The van der Waals surface area contributed by atoms with Gasteiger partial charge in [0.2, 0.25) is 0 Å². The fraction of sp³-hybridized carbons (Fsp3) is 0.769. The molecule has 0 aromatic carbocycles. The van der Waals surface area contributed by atoms with Crippen LogP contribution in [0.25, 0.3) is 0 Å². The molecular formula is C26H40N2O2. The van der Waals surface area contributed by atoms with Crippen molar-refractivity contribution in [2.45, 2.75) is 81.9 Å². The minimum Gasteiger partial charge on any atom is -0.392 e. The summed E-state index contributed by atoms with van der Waals surface area (Å²) in [4.78, 5) is 5.37. The van der Waals surface area contributed by atoms with Gasteiger partial charge in [0, 0.05) is 18.0 Å². The number of rotatable bonds is 1. The SMILES string of the molecule is OCC1=CC2(O)CCC=CCCCCN3CCC1C1(CC4C=CCCCCN4C21)C3. The number of hydrogen-bond donors (Lipinski definition) is 2. The molecule has 2 N–H and O–H groups in total. The van der Waals surface area contributed by atoms with Crippen molar-refractivity contribution in [3.8, 4) is 0 Å². The Morgan fingerprint density at radius 1 is 0.967 bits per heavy atom. The number of aliphatic hydroxyl groups excluding tert-OH is 1. The maximum absolute atomic E-state index is 12.2. The van der Waals surface area contributed by atoms with Gasteiger partial charge in [-0.3, -0.25) is 4.90 Å². The molecule has 4 heterocycles. The summed E-state index contributed by atoms with van der Waals surface area (Å²) < 4.78 is 0. The van der Waals surface area contributed by atoms with E-state index in [4.69, 9.17) is 0 Å². The van der Waals surface area contributed by atoms with Crippen LogP contribution in [-0.2, 0) is 0 Å². The van der Waals surface area contributed by atoms with Gasteiger partial charge >= 0.3 is 0 Å². The number of hydrogen-bond acceptors (Lipinski definition) is 4. The highest BCUT2D eigenvalue weighted by molar-refractivity contribution is 5.34. The smallest absolute Gasteiger partial charge is 0.0995 e. The third-order valence-electron chi connectivity index (χ3n) is 8.74. The molecule has 6 unspecified atom stereocenters. The van der Waals surface area contributed by atoms with Crippen molar-refractivity contribution in [3.63, 3.8) is 0 Å². The van der Waals surface area contributed by atoms with Crippen LogP contribution in [0, 0.1) is 11.3 Å². The van der Waals surface area contributed by atoms with E-state index in [0.717, 1.165) is 57.3 Å². The molecule has 4 heteroatoms. The summed E-state index contributed by atoms with van der Waals surface area (Å²) in [6.07, 6.45) is 22.8. The van der Waals surface area contributed by atoms with Gasteiger partial charge in [-0.25, -0.2) is 0 Å². The molecule has 3 bridgehead atoms. The topological polar surface area (TPSA) is 46.9 Å². The maximum atomic E-state index is 12.2.